The van der Waals surface area contributed by atoms with E-state index in [4.69, 9.17) is 30.8 Å². The van der Waals surface area contributed by atoms with Crippen LogP contribution < -0.4 is 29.7 Å². The van der Waals surface area contributed by atoms with Gasteiger partial charge in [0.25, 0.3) is 0 Å². The van der Waals surface area contributed by atoms with Gasteiger partial charge < -0.3 is 34.6 Å². The molecule has 2 saturated heterocycles. The van der Waals surface area contributed by atoms with E-state index in [-0.39, 0.29) is 6.61 Å². The first-order valence-corrected chi connectivity index (χ1v) is 18.6. The molecular weight excluding hydrogens is 702 g/mol. The van der Waals surface area contributed by atoms with Crippen molar-refractivity contribution in [2.24, 2.45) is 0 Å². The number of anilines is 5. The third-order valence-electron chi connectivity index (χ3n) is 10.2. The van der Waals surface area contributed by atoms with Crippen LogP contribution in [-0.2, 0) is 6.61 Å². The van der Waals surface area contributed by atoms with E-state index in [1.807, 2.05) is 66.7 Å². The van der Waals surface area contributed by atoms with Crippen LogP contribution in [0.5, 0.6) is 17.2 Å². The molecule has 1 aromatic heterocycles. The minimum absolute atomic E-state index is 0.287. The number of carbonyl (C=O) groups is 1. The molecule has 5 aromatic rings. The van der Waals surface area contributed by atoms with Gasteiger partial charge in [-0.2, -0.15) is 4.98 Å². The molecule has 0 aliphatic carbocycles. The van der Waals surface area contributed by atoms with Gasteiger partial charge in [-0.1, -0.05) is 48.0 Å². The molecule has 0 saturated carbocycles. The van der Waals surface area contributed by atoms with Crippen LogP contribution in [0, 0.1) is 0 Å². The van der Waals surface area contributed by atoms with Crippen molar-refractivity contribution in [2.75, 3.05) is 76.1 Å². The zero-order valence-corrected chi connectivity index (χ0v) is 31.7. The monoisotopic (exact) mass is 747 g/mol. The first kappa shape index (κ1) is 37.0. The molecule has 0 unspecified atom stereocenters. The third kappa shape index (κ3) is 8.71. The van der Waals surface area contributed by atoms with Gasteiger partial charge in [-0.15, -0.1) is 0 Å². The fraction of sp³-hybridized carbons (Fsp3) is 0.310. The van der Waals surface area contributed by atoms with E-state index in [1.165, 1.54) is 0 Å². The van der Waals surface area contributed by atoms with Crippen molar-refractivity contribution in [1.82, 2.24) is 19.8 Å². The number of likely N-dealkylation sites (N-methyl/N-ethyl adjacent to an activating group) is 1. The molecule has 11 nitrogen and oxygen atoms in total. The molecule has 2 fully saturated rings. The molecule has 54 heavy (non-hydrogen) atoms. The summed E-state index contributed by atoms with van der Waals surface area (Å²) in [6.07, 6.45) is 4.69. The standard InChI is InChI=1S/C42H46ClN7O4/c1-48-20-22-50(23-21-48)33-16-18-49(19-17-33)34-12-15-38(39(25-34)53-3)46-42-44-26-37(43)41(47-42)45-32-8-4-6-30(24-32)36-9-5-7-31(27-51)40(36)54-28-29-10-13-35(52-2)14-11-29/h4-15,24-27,33H,16-23,28H2,1-3H3,(H2,44,45,46,47). The number of nitrogens with one attached hydrogen (secondary N) is 2. The Bertz CT molecular complexity index is 2050. The number of hydrogen-bond donors (Lipinski definition) is 2. The van der Waals surface area contributed by atoms with E-state index >= 15 is 0 Å². The number of para-hydroxylation sites is 1. The lowest BCUT2D eigenvalue weighted by Gasteiger charge is -2.42. The lowest BCUT2D eigenvalue weighted by Crippen LogP contribution is -2.52. The molecular formula is C42H46ClN7O4. The second kappa shape index (κ2) is 17.2. The molecule has 0 spiro atoms. The van der Waals surface area contributed by atoms with Gasteiger partial charge in [0.1, 0.15) is 28.9 Å². The van der Waals surface area contributed by atoms with E-state index in [9.17, 15) is 4.79 Å². The molecule has 0 amide bonds. The van der Waals surface area contributed by atoms with Gasteiger partial charge in [-0.3, -0.25) is 9.69 Å². The van der Waals surface area contributed by atoms with Gasteiger partial charge in [0.2, 0.25) is 5.95 Å². The predicted molar refractivity (Wildman–Crippen MR) is 215 cm³/mol. The fourth-order valence-corrected chi connectivity index (χ4v) is 7.24. The molecule has 0 atom stereocenters. The van der Waals surface area contributed by atoms with Crippen LogP contribution in [0.25, 0.3) is 11.1 Å². The minimum atomic E-state index is 0.287. The van der Waals surface area contributed by atoms with Crippen LogP contribution >= 0.6 is 11.6 Å². The lowest BCUT2D eigenvalue weighted by molar-refractivity contribution is 0.0982. The van der Waals surface area contributed by atoms with Crippen LogP contribution in [0.4, 0.5) is 28.8 Å². The summed E-state index contributed by atoms with van der Waals surface area (Å²) < 4.78 is 17.3. The number of benzene rings is 4. The Kier molecular flexibility index (Phi) is 11.8. The highest BCUT2D eigenvalue weighted by Crippen LogP contribution is 2.37. The smallest absolute Gasteiger partial charge is 0.229 e. The molecule has 12 heteroatoms. The Balaban J connectivity index is 1.03. The molecule has 280 valence electrons. The molecule has 0 bridgehead atoms. The minimum Gasteiger partial charge on any atom is -0.497 e. The first-order valence-electron chi connectivity index (χ1n) is 18.3. The summed E-state index contributed by atoms with van der Waals surface area (Å²) in [5.41, 5.74) is 5.68. The molecule has 7 rings (SSSR count). The van der Waals surface area contributed by atoms with E-state index in [1.54, 1.807) is 26.5 Å². The highest BCUT2D eigenvalue weighted by Gasteiger charge is 2.27. The number of methoxy groups -OCH3 is 2. The summed E-state index contributed by atoms with van der Waals surface area (Å²) >= 11 is 6.60. The van der Waals surface area contributed by atoms with Crippen molar-refractivity contribution in [3.63, 3.8) is 0 Å². The van der Waals surface area contributed by atoms with E-state index < -0.39 is 0 Å². The number of ether oxygens (including phenoxy) is 3. The topological polar surface area (TPSA) is 104 Å². The summed E-state index contributed by atoms with van der Waals surface area (Å²) in [5, 5.41) is 7.03. The zero-order chi connectivity index (χ0) is 37.4. The Morgan fingerprint density at radius 1 is 0.870 bits per heavy atom. The molecule has 4 aromatic carbocycles. The Hall–Kier alpha value is -5.36. The average molecular weight is 748 g/mol. The van der Waals surface area contributed by atoms with Crippen molar-refractivity contribution in [1.29, 1.82) is 0 Å². The van der Waals surface area contributed by atoms with Gasteiger partial charge in [-0.05, 0) is 73.5 Å². The first-order chi connectivity index (χ1) is 26.4. The number of halogens is 1. The van der Waals surface area contributed by atoms with Crippen LogP contribution in [0.1, 0.15) is 28.8 Å². The second-order valence-corrected chi connectivity index (χ2v) is 14.0. The number of piperidine rings is 1. The van der Waals surface area contributed by atoms with Crippen molar-refractivity contribution in [3.8, 4) is 28.4 Å². The van der Waals surface area contributed by atoms with E-state index in [0.29, 0.717) is 39.9 Å². The maximum Gasteiger partial charge on any atom is 0.229 e. The summed E-state index contributed by atoms with van der Waals surface area (Å²) in [5.74, 6) is 2.77. The van der Waals surface area contributed by atoms with Gasteiger partial charge >= 0.3 is 0 Å². The summed E-state index contributed by atoms with van der Waals surface area (Å²) in [7, 11) is 5.51. The Morgan fingerprint density at radius 3 is 2.39 bits per heavy atom. The van der Waals surface area contributed by atoms with Gasteiger partial charge in [0.05, 0.1) is 31.7 Å². The van der Waals surface area contributed by atoms with Crippen LogP contribution in [0.15, 0.2) is 91.1 Å². The third-order valence-corrected chi connectivity index (χ3v) is 10.5. The van der Waals surface area contributed by atoms with Crippen molar-refractivity contribution >= 4 is 46.7 Å². The van der Waals surface area contributed by atoms with Crippen molar-refractivity contribution in [2.45, 2.75) is 25.5 Å². The SMILES string of the molecule is COc1ccc(COc2c(C=O)cccc2-c2cccc(Nc3nc(Nc4ccc(N5CCC(N6CCN(C)CC6)CC5)cc4OC)ncc3Cl)c2)cc1. The molecule has 2 aliphatic rings. The van der Waals surface area contributed by atoms with Gasteiger partial charge in [0.15, 0.2) is 12.1 Å². The number of rotatable bonds is 13. The Morgan fingerprint density at radius 2 is 1.65 bits per heavy atom. The van der Waals surface area contributed by atoms with Gasteiger partial charge in [-0.25, -0.2) is 4.98 Å². The quantitative estimate of drug-likeness (QED) is 0.115. The lowest BCUT2D eigenvalue weighted by atomic mass is 10.0. The molecule has 0 radical (unpaired) electrons. The summed E-state index contributed by atoms with van der Waals surface area (Å²) in [6.45, 7) is 6.94. The largest absolute Gasteiger partial charge is 0.497 e. The van der Waals surface area contributed by atoms with Crippen molar-refractivity contribution < 1.29 is 19.0 Å². The molecule has 2 aliphatic heterocycles. The second-order valence-electron chi connectivity index (χ2n) is 13.6. The number of aldehydes is 1. The highest BCUT2D eigenvalue weighted by molar-refractivity contribution is 6.32. The van der Waals surface area contributed by atoms with E-state index in [0.717, 1.165) is 97.9 Å². The fourth-order valence-electron chi connectivity index (χ4n) is 7.11. The Labute approximate surface area is 321 Å². The number of nitrogens with zero attached hydrogens (tertiary/aromatic N) is 5. The molecule has 2 N–H and O–H groups in total. The highest BCUT2D eigenvalue weighted by atomic mass is 35.5. The maximum atomic E-state index is 12.1. The molecule has 3 heterocycles. The van der Waals surface area contributed by atoms with Crippen LogP contribution in [0.3, 0.4) is 0 Å². The number of carbonyl (C=O) groups excluding carboxylic acids is 1. The maximum absolute atomic E-state index is 12.1. The summed E-state index contributed by atoms with van der Waals surface area (Å²) in [4.78, 5) is 28.7. The number of hydrogen-bond acceptors (Lipinski definition) is 11. The van der Waals surface area contributed by atoms with E-state index in [2.05, 4.69) is 49.5 Å². The van der Waals surface area contributed by atoms with Crippen molar-refractivity contribution in [3.05, 3.63) is 107 Å². The predicted octanol–water partition coefficient (Wildman–Crippen LogP) is 7.91. The zero-order valence-electron chi connectivity index (χ0n) is 30.9. The average Bonchev–Trinajstić information content (AvgIpc) is 3.22. The normalized spacial score (nSPS) is 15.4. The summed E-state index contributed by atoms with van der Waals surface area (Å²) in [6, 6.07) is 27.8. The van der Waals surface area contributed by atoms with Crippen LogP contribution in [0.2, 0.25) is 5.02 Å². The van der Waals surface area contributed by atoms with Crippen LogP contribution in [-0.4, -0.2) is 92.6 Å². The van der Waals surface area contributed by atoms with Gasteiger partial charge in [0, 0.05) is 68.3 Å². The number of piperazine rings is 1. The number of aromatic nitrogens is 2.